The number of hydrogen-bond acceptors (Lipinski definition) is 2. The molecule has 0 aliphatic rings. The highest BCUT2D eigenvalue weighted by Crippen LogP contribution is 2.14. The summed E-state index contributed by atoms with van der Waals surface area (Å²) >= 11 is 0. The quantitative estimate of drug-likeness (QED) is 0.735. The van der Waals surface area contributed by atoms with E-state index < -0.39 is 5.97 Å². The summed E-state index contributed by atoms with van der Waals surface area (Å²) in [6.07, 6.45) is 2.06. The maximum Gasteiger partial charge on any atom is 0.303 e. The lowest BCUT2D eigenvalue weighted by Crippen LogP contribution is -2.31. The molecule has 0 saturated carbocycles. The van der Waals surface area contributed by atoms with Crippen molar-refractivity contribution in [2.45, 2.75) is 39.5 Å². The van der Waals surface area contributed by atoms with Crippen molar-refractivity contribution in [3.05, 3.63) is 35.9 Å². The lowest BCUT2D eigenvalue weighted by Gasteiger charge is -2.17. The molecule has 0 saturated heterocycles. The van der Waals surface area contributed by atoms with Crippen LogP contribution in [0.2, 0.25) is 0 Å². The number of amides is 1. The van der Waals surface area contributed by atoms with Crippen molar-refractivity contribution in [1.29, 1.82) is 0 Å². The van der Waals surface area contributed by atoms with Crippen LogP contribution in [0.15, 0.2) is 30.3 Å². The molecule has 0 fully saturated rings. The molecule has 1 amide bonds. The van der Waals surface area contributed by atoms with E-state index in [-0.39, 0.29) is 18.2 Å². The number of hydrogen-bond donors (Lipinski definition) is 2. The summed E-state index contributed by atoms with van der Waals surface area (Å²) in [5.41, 5.74) is 1.14. The smallest absolute Gasteiger partial charge is 0.303 e. The third kappa shape index (κ3) is 8.12. The second-order valence-electron chi connectivity index (χ2n) is 5.88. The number of carbonyl (C=O) groups is 2. The highest BCUT2D eigenvalue weighted by Gasteiger charge is 2.16. The van der Waals surface area contributed by atoms with E-state index in [0.717, 1.165) is 12.0 Å². The molecule has 1 atom stereocenters. The van der Waals surface area contributed by atoms with Crippen molar-refractivity contribution in [3.63, 3.8) is 0 Å². The Morgan fingerprint density at radius 1 is 1.19 bits per heavy atom. The van der Waals surface area contributed by atoms with Gasteiger partial charge in [-0.3, -0.25) is 9.59 Å². The van der Waals surface area contributed by atoms with E-state index in [9.17, 15) is 9.59 Å². The van der Waals surface area contributed by atoms with Crippen LogP contribution in [0.4, 0.5) is 0 Å². The summed E-state index contributed by atoms with van der Waals surface area (Å²) in [6, 6.07) is 9.86. The summed E-state index contributed by atoms with van der Waals surface area (Å²) in [7, 11) is 0. The molecule has 1 aromatic carbocycles. The molecule has 1 unspecified atom stereocenters. The maximum absolute atomic E-state index is 11.8. The second-order valence-corrected chi connectivity index (χ2v) is 5.88. The fourth-order valence-corrected chi connectivity index (χ4v) is 2.40. The van der Waals surface area contributed by atoms with Crippen LogP contribution in [0, 0.1) is 11.8 Å². The minimum absolute atomic E-state index is 0.00294. The zero-order chi connectivity index (χ0) is 15.7. The van der Waals surface area contributed by atoms with Crippen LogP contribution in [0.5, 0.6) is 0 Å². The second kappa shape index (κ2) is 9.16. The molecule has 0 radical (unpaired) electrons. The fourth-order valence-electron chi connectivity index (χ4n) is 2.40. The number of benzene rings is 1. The fraction of sp³-hybridized carbons (Fsp3) is 0.529. The van der Waals surface area contributed by atoms with E-state index in [1.165, 1.54) is 0 Å². The number of rotatable bonds is 9. The molecule has 21 heavy (non-hydrogen) atoms. The molecule has 0 spiro atoms. The predicted octanol–water partition coefficient (Wildman–Crippen LogP) is 2.87. The summed E-state index contributed by atoms with van der Waals surface area (Å²) in [5.74, 6) is -0.393. The molecular weight excluding hydrogens is 266 g/mol. The van der Waals surface area contributed by atoms with E-state index >= 15 is 0 Å². The van der Waals surface area contributed by atoms with Crippen molar-refractivity contribution in [2.75, 3.05) is 6.54 Å². The lowest BCUT2D eigenvalue weighted by molar-refractivity contribution is -0.138. The van der Waals surface area contributed by atoms with Crippen LogP contribution >= 0.6 is 0 Å². The van der Waals surface area contributed by atoms with Gasteiger partial charge in [0, 0.05) is 19.4 Å². The summed E-state index contributed by atoms with van der Waals surface area (Å²) in [4.78, 5) is 22.7. The van der Waals surface area contributed by atoms with Gasteiger partial charge in [0.2, 0.25) is 5.91 Å². The number of carboxylic acids is 1. The molecule has 4 nitrogen and oxygen atoms in total. The van der Waals surface area contributed by atoms with Crippen molar-refractivity contribution < 1.29 is 14.7 Å². The normalized spacial score (nSPS) is 12.1. The average molecular weight is 291 g/mol. The Bertz CT molecular complexity index is 443. The van der Waals surface area contributed by atoms with Gasteiger partial charge in [-0.1, -0.05) is 44.2 Å². The van der Waals surface area contributed by atoms with Gasteiger partial charge in [-0.2, -0.15) is 0 Å². The van der Waals surface area contributed by atoms with Gasteiger partial charge in [-0.05, 0) is 30.2 Å². The molecule has 1 aromatic rings. The van der Waals surface area contributed by atoms with E-state index in [1.807, 2.05) is 30.3 Å². The first-order chi connectivity index (χ1) is 9.97. The van der Waals surface area contributed by atoms with Gasteiger partial charge in [0.15, 0.2) is 0 Å². The molecular formula is C17H25NO3. The van der Waals surface area contributed by atoms with Gasteiger partial charge in [0.05, 0.1) is 0 Å². The number of carbonyl (C=O) groups excluding carboxylic acids is 1. The third-order valence-corrected chi connectivity index (χ3v) is 3.34. The minimum Gasteiger partial charge on any atom is -0.481 e. The minimum atomic E-state index is -0.806. The maximum atomic E-state index is 11.8. The number of aryl methyl sites for hydroxylation is 1. The Labute approximate surface area is 126 Å². The van der Waals surface area contributed by atoms with Gasteiger partial charge in [-0.15, -0.1) is 0 Å². The molecule has 0 heterocycles. The third-order valence-electron chi connectivity index (χ3n) is 3.34. The van der Waals surface area contributed by atoms with Gasteiger partial charge in [-0.25, -0.2) is 0 Å². The zero-order valence-electron chi connectivity index (χ0n) is 12.8. The van der Waals surface area contributed by atoms with Gasteiger partial charge in [0.25, 0.3) is 0 Å². The van der Waals surface area contributed by atoms with Crippen LogP contribution in [0.3, 0.4) is 0 Å². The van der Waals surface area contributed by atoms with E-state index in [2.05, 4.69) is 19.2 Å². The molecule has 2 N–H and O–H groups in total. The average Bonchev–Trinajstić information content (AvgIpc) is 2.42. The SMILES string of the molecule is CC(C)CC(CNC(=O)CCc1ccccc1)CC(=O)O. The Balaban J connectivity index is 2.33. The van der Waals surface area contributed by atoms with Crippen molar-refractivity contribution >= 4 is 11.9 Å². The Morgan fingerprint density at radius 2 is 1.86 bits per heavy atom. The summed E-state index contributed by atoms with van der Waals surface area (Å²) in [6.45, 7) is 4.57. The molecule has 0 bridgehead atoms. The van der Waals surface area contributed by atoms with E-state index in [1.54, 1.807) is 0 Å². The molecule has 0 aromatic heterocycles. The number of aliphatic carboxylic acids is 1. The Kier molecular flexibility index (Phi) is 7.51. The van der Waals surface area contributed by atoms with Crippen LogP contribution in [0.25, 0.3) is 0 Å². The van der Waals surface area contributed by atoms with Crippen LogP contribution < -0.4 is 5.32 Å². The van der Waals surface area contributed by atoms with Crippen LogP contribution in [0.1, 0.15) is 38.7 Å². The van der Waals surface area contributed by atoms with Crippen molar-refractivity contribution in [3.8, 4) is 0 Å². The molecule has 4 heteroatoms. The topological polar surface area (TPSA) is 66.4 Å². The summed E-state index contributed by atoms with van der Waals surface area (Å²) in [5, 5.41) is 11.8. The molecule has 0 aliphatic carbocycles. The molecule has 0 aliphatic heterocycles. The highest BCUT2D eigenvalue weighted by molar-refractivity contribution is 5.76. The Hall–Kier alpha value is -1.84. The van der Waals surface area contributed by atoms with Gasteiger partial charge < -0.3 is 10.4 Å². The highest BCUT2D eigenvalue weighted by atomic mass is 16.4. The van der Waals surface area contributed by atoms with E-state index in [4.69, 9.17) is 5.11 Å². The molecule has 1 rings (SSSR count). The first-order valence-corrected chi connectivity index (χ1v) is 7.49. The monoisotopic (exact) mass is 291 g/mol. The Morgan fingerprint density at radius 3 is 2.43 bits per heavy atom. The van der Waals surface area contributed by atoms with Crippen molar-refractivity contribution in [2.24, 2.45) is 11.8 Å². The van der Waals surface area contributed by atoms with Crippen molar-refractivity contribution in [1.82, 2.24) is 5.32 Å². The summed E-state index contributed by atoms with van der Waals surface area (Å²) < 4.78 is 0. The van der Waals surface area contributed by atoms with E-state index in [0.29, 0.717) is 25.3 Å². The molecule has 116 valence electrons. The largest absolute Gasteiger partial charge is 0.481 e. The first kappa shape index (κ1) is 17.2. The van der Waals surface area contributed by atoms with Crippen LogP contribution in [-0.2, 0) is 16.0 Å². The zero-order valence-corrected chi connectivity index (χ0v) is 12.8. The standard InChI is InChI=1S/C17H25NO3/c1-13(2)10-15(11-17(20)21)12-18-16(19)9-8-14-6-4-3-5-7-14/h3-7,13,15H,8-12H2,1-2H3,(H,18,19)(H,20,21). The first-order valence-electron chi connectivity index (χ1n) is 7.49. The number of carboxylic acid groups (broad SMARTS) is 1. The van der Waals surface area contributed by atoms with Gasteiger partial charge in [0.1, 0.15) is 0 Å². The predicted molar refractivity (Wildman–Crippen MR) is 83.0 cm³/mol. The van der Waals surface area contributed by atoms with Gasteiger partial charge >= 0.3 is 5.97 Å². The number of nitrogens with one attached hydrogen (secondary N) is 1. The lowest BCUT2D eigenvalue weighted by atomic mass is 9.94. The van der Waals surface area contributed by atoms with Crippen LogP contribution in [-0.4, -0.2) is 23.5 Å².